The minimum atomic E-state index is -0.0655. The fourth-order valence-electron chi connectivity index (χ4n) is 2.05. The molecule has 0 aliphatic carbocycles. The first-order chi connectivity index (χ1) is 9.72. The Bertz CT molecular complexity index is 528. The average Bonchev–Trinajstić information content (AvgIpc) is 3.00. The maximum atomic E-state index is 12.3. The smallest absolute Gasteiger partial charge is 0.273 e. The number of carbonyl (C=O) groups excluding carboxylic acids is 1. The summed E-state index contributed by atoms with van der Waals surface area (Å²) in [5.41, 5.74) is 3.35. The maximum Gasteiger partial charge on any atom is 0.273 e. The zero-order valence-electron chi connectivity index (χ0n) is 11.7. The minimum Gasteiger partial charge on any atom is -0.383 e. The Balaban J connectivity index is 2.09. The van der Waals surface area contributed by atoms with Crippen molar-refractivity contribution < 1.29 is 9.53 Å². The van der Waals surface area contributed by atoms with Crippen molar-refractivity contribution in [3.05, 3.63) is 52.5 Å². The Kier molecular flexibility index (Phi) is 5.26. The molecular formula is C15H18N2O2S. The van der Waals surface area contributed by atoms with E-state index in [1.165, 1.54) is 16.9 Å². The Morgan fingerprint density at radius 1 is 1.40 bits per heavy atom. The molecule has 0 saturated heterocycles. The molecule has 0 saturated carbocycles. The zero-order chi connectivity index (χ0) is 14.4. The Morgan fingerprint density at radius 3 is 2.75 bits per heavy atom. The fraction of sp³-hybridized carbons (Fsp3) is 0.333. The summed E-state index contributed by atoms with van der Waals surface area (Å²) in [5, 5.41) is 1.77. The van der Waals surface area contributed by atoms with Gasteiger partial charge in [-0.3, -0.25) is 4.79 Å². The van der Waals surface area contributed by atoms with Crippen LogP contribution < -0.4 is 0 Å². The van der Waals surface area contributed by atoms with Crippen LogP contribution in [0, 0.1) is 0 Å². The lowest BCUT2D eigenvalue weighted by Gasteiger charge is -2.27. The second kappa shape index (κ2) is 7.17. The van der Waals surface area contributed by atoms with E-state index in [9.17, 15) is 4.79 Å². The summed E-state index contributed by atoms with van der Waals surface area (Å²) in [6.07, 6.45) is 0.765. The molecule has 0 bridgehead atoms. The van der Waals surface area contributed by atoms with Gasteiger partial charge in [-0.1, -0.05) is 30.3 Å². The molecule has 5 heteroatoms. The molecular weight excluding hydrogens is 272 g/mol. The highest BCUT2D eigenvalue weighted by atomic mass is 32.1. The molecule has 1 atom stereocenters. The highest BCUT2D eigenvalue weighted by molar-refractivity contribution is 7.07. The predicted molar refractivity (Wildman–Crippen MR) is 80.0 cm³/mol. The van der Waals surface area contributed by atoms with Crippen LogP contribution in [0.15, 0.2) is 41.2 Å². The Hall–Kier alpha value is -1.72. The summed E-state index contributed by atoms with van der Waals surface area (Å²) >= 11 is 1.42. The van der Waals surface area contributed by atoms with Gasteiger partial charge in [0, 0.05) is 19.5 Å². The third kappa shape index (κ3) is 3.65. The quantitative estimate of drug-likeness (QED) is 0.821. The molecule has 2 aromatic rings. The fourth-order valence-corrected chi connectivity index (χ4v) is 2.58. The van der Waals surface area contributed by atoms with Crippen LogP contribution in [-0.4, -0.2) is 42.6 Å². The van der Waals surface area contributed by atoms with Gasteiger partial charge in [-0.25, -0.2) is 4.98 Å². The van der Waals surface area contributed by atoms with E-state index in [1.54, 1.807) is 29.9 Å². The van der Waals surface area contributed by atoms with Crippen LogP contribution in [0.5, 0.6) is 0 Å². The van der Waals surface area contributed by atoms with E-state index in [4.69, 9.17) is 4.74 Å². The highest BCUT2D eigenvalue weighted by Gasteiger charge is 2.22. The number of ether oxygens (including phenoxy) is 1. The third-order valence-corrected chi connectivity index (χ3v) is 3.78. The van der Waals surface area contributed by atoms with Gasteiger partial charge >= 0.3 is 0 Å². The van der Waals surface area contributed by atoms with Gasteiger partial charge in [-0.05, 0) is 12.0 Å². The van der Waals surface area contributed by atoms with E-state index in [1.807, 2.05) is 18.2 Å². The van der Waals surface area contributed by atoms with Crippen molar-refractivity contribution in [3.8, 4) is 0 Å². The lowest BCUT2D eigenvalue weighted by molar-refractivity contribution is 0.0600. The molecule has 1 aromatic carbocycles. The SMILES string of the molecule is COCC(Cc1ccccc1)N(C)C(=O)c1cscn1. The predicted octanol–water partition coefficient (Wildman–Crippen LogP) is 2.47. The van der Waals surface area contributed by atoms with Crippen molar-refractivity contribution >= 4 is 17.2 Å². The molecule has 1 unspecified atom stereocenters. The van der Waals surface area contributed by atoms with Crippen molar-refractivity contribution in [3.63, 3.8) is 0 Å². The van der Waals surface area contributed by atoms with Crippen LogP contribution in [0.25, 0.3) is 0 Å². The lowest BCUT2D eigenvalue weighted by Crippen LogP contribution is -2.41. The number of benzene rings is 1. The van der Waals surface area contributed by atoms with Gasteiger partial charge in [-0.15, -0.1) is 11.3 Å². The summed E-state index contributed by atoms with van der Waals surface area (Å²) in [5.74, 6) is -0.0655. The van der Waals surface area contributed by atoms with Crippen molar-refractivity contribution in [1.29, 1.82) is 0 Å². The van der Waals surface area contributed by atoms with Crippen LogP contribution in [0.3, 0.4) is 0 Å². The van der Waals surface area contributed by atoms with Gasteiger partial charge in [0.15, 0.2) is 0 Å². The minimum absolute atomic E-state index is 0.00315. The molecule has 4 nitrogen and oxygen atoms in total. The van der Waals surface area contributed by atoms with E-state index >= 15 is 0 Å². The maximum absolute atomic E-state index is 12.3. The summed E-state index contributed by atoms with van der Waals surface area (Å²) in [6, 6.07) is 10.1. The van der Waals surface area contributed by atoms with Gasteiger partial charge in [-0.2, -0.15) is 0 Å². The van der Waals surface area contributed by atoms with Gasteiger partial charge in [0.25, 0.3) is 5.91 Å². The van der Waals surface area contributed by atoms with E-state index in [-0.39, 0.29) is 11.9 Å². The molecule has 1 aromatic heterocycles. The number of methoxy groups -OCH3 is 1. The largest absolute Gasteiger partial charge is 0.383 e. The molecule has 0 fully saturated rings. The number of nitrogens with zero attached hydrogens (tertiary/aromatic N) is 2. The Labute approximate surface area is 123 Å². The number of carbonyl (C=O) groups is 1. The van der Waals surface area contributed by atoms with Gasteiger partial charge in [0.2, 0.25) is 0 Å². The summed E-state index contributed by atoms with van der Waals surface area (Å²) in [4.78, 5) is 18.1. The van der Waals surface area contributed by atoms with Crippen LogP contribution in [0.2, 0.25) is 0 Å². The van der Waals surface area contributed by atoms with Crippen LogP contribution in [-0.2, 0) is 11.2 Å². The van der Waals surface area contributed by atoms with Crippen molar-refractivity contribution in [1.82, 2.24) is 9.88 Å². The number of aromatic nitrogens is 1. The van der Waals surface area contributed by atoms with Crippen LogP contribution in [0.4, 0.5) is 0 Å². The average molecular weight is 290 g/mol. The van der Waals surface area contributed by atoms with E-state index in [0.29, 0.717) is 12.3 Å². The normalized spacial score (nSPS) is 12.1. The molecule has 0 aliphatic rings. The van der Waals surface area contributed by atoms with Gasteiger partial charge in [0.05, 0.1) is 18.2 Å². The lowest BCUT2D eigenvalue weighted by atomic mass is 10.1. The molecule has 1 amide bonds. The second-order valence-corrected chi connectivity index (χ2v) is 5.31. The molecule has 2 rings (SSSR count). The molecule has 106 valence electrons. The first-order valence-electron chi connectivity index (χ1n) is 6.40. The monoisotopic (exact) mass is 290 g/mol. The standard InChI is InChI=1S/C15H18N2O2S/c1-17(15(18)14-10-20-11-16-14)13(9-19-2)8-12-6-4-3-5-7-12/h3-7,10-11,13H,8-9H2,1-2H3. The summed E-state index contributed by atoms with van der Waals surface area (Å²) in [6.45, 7) is 0.501. The molecule has 0 aliphatic heterocycles. The number of hydrogen-bond donors (Lipinski definition) is 0. The zero-order valence-corrected chi connectivity index (χ0v) is 12.5. The first kappa shape index (κ1) is 14.7. The number of likely N-dealkylation sites (N-methyl/N-ethyl adjacent to an activating group) is 1. The second-order valence-electron chi connectivity index (χ2n) is 4.59. The number of amides is 1. The van der Waals surface area contributed by atoms with Gasteiger partial charge < -0.3 is 9.64 Å². The van der Waals surface area contributed by atoms with Crippen LogP contribution in [0.1, 0.15) is 16.1 Å². The van der Waals surface area contributed by atoms with Crippen molar-refractivity contribution in [2.24, 2.45) is 0 Å². The third-order valence-electron chi connectivity index (χ3n) is 3.19. The number of thiazole rings is 1. The van der Waals surface area contributed by atoms with Gasteiger partial charge in [0.1, 0.15) is 5.69 Å². The summed E-state index contributed by atoms with van der Waals surface area (Å²) < 4.78 is 5.25. The van der Waals surface area contributed by atoms with Crippen molar-refractivity contribution in [2.75, 3.05) is 20.8 Å². The number of hydrogen-bond acceptors (Lipinski definition) is 4. The molecule has 20 heavy (non-hydrogen) atoms. The molecule has 0 spiro atoms. The van der Waals surface area contributed by atoms with E-state index in [0.717, 1.165) is 6.42 Å². The van der Waals surface area contributed by atoms with Crippen LogP contribution >= 0.6 is 11.3 Å². The molecule has 0 radical (unpaired) electrons. The Morgan fingerprint density at radius 2 is 2.15 bits per heavy atom. The first-order valence-corrected chi connectivity index (χ1v) is 7.35. The highest BCUT2D eigenvalue weighted by Crippen LogP contribution is 2.12. The molecule has 1 heterocycles. The molecule has 0 N–H and O–H groups in total. The summed E-state index contributed by atoms with van der Waals surface area (Å²) in [7, 11) is 3.45. The number of rotatable bonds is 6. The van der Waals surface area contributed by atoms with E-state index in [2.05, 4.69) is 17.1 Å². The van der Waals surface area contributed by atoms with E-state index < -0.39 is 0 Å². The van der Waals surface area contributed by atoms with Crippen molar-refractivity contribution in [2.45, 2.75) is 12.5 Å². The topological polar surface area (TPSA) is 42.4 Å².